The number of aromatic nitrogens is 4. The van der Waals surface area contributed by atoms with Crippen molar-refractivity contribution in [2.75, 3.05) is 31.1 Å². The second-order valence-corrected chi connectivity index (χ2v) is 6.39. The minimum Gasteiger partial charge on any atom is -0.369 e. The van der Waals surface area contributed by atoms with Crippen molar-refractivity contribution in [3.63, 3.8) is 0 Å². The molecule has 0 spiro atoms. The van der Waals surface area contributed by atoms with Gasteiger partial charge in [0.2, 0.25) is 0 Å². The van der Waals surface area contributed by atoms with Crippen LogP contribution in [0, 0.1) is 6.92 Å². The van der Waals surface area contributed by atoms with Crippen LogP contribution < -0.4 is 4.90 Å². The average molecular weight is 334 g/mol. The predicted molar refractivity (Wildman–Crippen MR) is 97.8 cm³/mol. The molecule has 1 aliphatic rings. The van der Waals surface area contributed by atoms with Crippen molar-refractivity contribution in [3.05, 3.63) is 66.0 Å². The molecular weight excluding hydrogens is 312 g/mol. The van der Waals surface area contributed by atoms with E-state index in [2.05, 4.69) is 56.5 Å². The summed E-state index contributed by atoms with van der Waals surface area (Å²) in [6.07, 6.45) is 0. The van der Waals surface area contributed by atoms with Gasteiger partial charge in [0, 0.05) is 31.9 Å². The molecule has 1 fully saturated rings. The van der Waals surface area contributed by atoms with Crippen LogP contribution in [0.15, 0.2) is 54.6 Å². The Bertz CT molecular complexity index is 821. The second-order valence-electron chi connectivity index (χ2n) is 6.39. The van der Waals surface area contributed by atoms with Crippen molar-refractivity contribution in [1.82, 2.24) is 25.1 Å². The smallest absolute Gasteiger partial charge is 0.170 e. The van der Waals surface area contributed by atoms with Gasteiger partial charge >= 0.3 is 0 Å². The van der Waals surface area contributed by atoms with Gasteiger partial charge < -0.3 is 4.90 Å². The molecule has 6 heteroatoms. The molecule has 0 radical (unpaired) electrons. The number of piperazine rings is 1. The highest BCUT2D eigenvalue weighted by Gasteiger charge is 2.20. The Kier molecular flexibility index (Phi) is 4.43. The minimum atomic E-state index is 0.767. The van der Waals surface area contributed by atoms with E-state index < -0.39 is 0 Å². The van der Waals surface area contributed by atoms with E-state index in [1.807, 2.05) is 35.0 Å². The van der Waals surface area contributed by atoms with Gasteiger partial charge in [0.05, 0.1) is 12.2 Å². The lowest BCUT2D eigenvalue weighted by Crippen LogP contribution is -2.46. The Balaban J connectivity index is 1.42. The third-order valence-electron chi connectivity index (χ3n) is 4.73. The van der Waals surface area contributed by atoms with E-state index in [0.29, 0.717) is 0 Å². The molecule has 4 rings (SSSR count). The molecule has 0 bridgehead atoms. The van der Waals surface area contributed by atoms with Crippen LogP contribution in [0.25, 0.3) is 5.69 Å². The first-order valence-corrected chi connectivity index (χ1v) is 8.67. The maximum absolute atomic E-state index is 4.22. The molecule has 1 saturated heterocycles. The zero-order valence-electron chi connectivity index (χ0n) is 14.4. The summed E-state index contributed by atoms with van der Waals surface area (Å²) in [4.78, 5) is 4.88. The number of benzene rings is 2. The largest absolute Gasteiger partial charge is 0.369 e. The van der Waals surface area contributed by atoms with Gasteiger partial charge in [-0.3, -0.25) is 4.90 Å². The third kappa shape index (κ3) is 3.39. The Morgan fingerprint density at radius 2 is 1.60 bits per heavy atom. The Morgan fingerprint density at radius 1 is 0.880 bits per heavy atom. The van der Waals surface area contributed by atoms with Crippen molar-refractivity contribution >= 4 is 5.69 Å². The highest BCUT2D eigenvalue weighted by atomic mass is 15.5. The third-order valence-corrected chi connectivity index (χ3v) is 4.73. The fourth-order valence-electron chi connectivity index (χ4n) is 3.34. The summed E-state index contributed by atoms with van der Waals surface area (Å²) in [6, 6.07) is 18.6. The first-order valence-electron chi connectivity index (χ1n) is 8.67. The highest BCUT2D eigenvalue weighted by molar-refractivity contribution is 5.53. The molecule has 2 aromatic carbocycles. The Morgan fingerprint density at radius 3 is 2.36 bits per heavy atom. The van der Waals surface area contributed by atoms with Crippen LogP contribution >= 0.6 is 0 Å². The molecule has 3 aromatic rings. The number of hydrogen-bond acceptors (Lipinski definition) is 5. The van der Waals surface area contributed by atoms with Crippen molar-refractivity contribution in [2.45, 2.75) is 13.5 Å². The first kappa shape index (κ1) is 15.8. The average Bonchev–Trinajstić information content (AvgIpc) is 3.12. The van der Waals surface area contributed by atoms with E-state index in [-0.39, 0.29) is 0 Å². The number of nitrogens with zero attached hydrogens (tertiary/aromatic N) is 6. The van der Waals surface area contributed by atoms with Crippen LogP contribution in [0.5, 0.6) is 0 Å². The van der Waals surface area contributed by atoms with E-state index in [1.165, 1.54) is 11.3 Å². The zero-order valence-corrected chi connectivity index (χ0v) is 14.4. The second kappa shape index (κ2) is 7.03. The normalized spacial score (nSPS) is 15.5. The molecule has 0 aliphatic carbocycles. The SMILES string of the molecule is Cc1ccccc1N1CCN(Cc2nnnn2-c2ccccc2)CC1. The van der Waals surface area contributed by atoms with Crippen LogP contribution in [-0.2, 0) is 6.54 Å². The maximum Gasteiger partial charge on any atom is 0.170 e. The molecule has 128 valence electrons. The monoisotopic (exact) mass is 334 g/mol. The fraction of sp³-hybridized carbons (Fsp3) is 0.316. The molecule has 0 N–H and O–H groups in total. The Hall–Kier alpha value is -2.73. The van der Waals surface area contributed by atoms with E-state index in [1.54, 1.807) is 0 Å². The molecule has 0 atom stereocenters. The van der Waals surface area contributed by atoms with Gasteiger partial charge in [-0.05, 0) is 41.1 Å². The first-order chi connectivity index (χ1) is 12.3. The van der Waals surface area contributed by atoms with Crippen LogP contribution in [0.2, 0.25) is 0 Å². The summed E-state index contributed by atoms with van der Waals surface area (Å²) in [7, 11) is 0. The maximum atomic E-state index is 4.22. The fourth-order valence-corrected chi connectivity index (χ4v) is 3.34. The Labute approximate surface area is 147 Å². The van der Waals surface area contributed by atoms with Crippen molar-refractivity contribution < 1.29 is 0 Å². The molecular formula is C19H22N6. The molecule has 25 heavy (non-hydrogen) atoms. The van der Waals surface area contributed by atoms with Crippen molar-refractivity contribution in [1.29, 1.82) is 0 Å². The minimum absolute atomic E-state index is 0.767. The van der Waals surface area contributed by atoms with Crippen molar-refractivity contribution in [3.8, 4) is 5.69 Å². The van der Waals surface area contributed by atoms with Gasteiger partial charge in [-0.15, -0.1) is 5.10 Å². The summed E-state index contributed by atoms with van der Waals surface area (Å²) >= 11 is 0. The lowest BCUT2D eigenvalue weighted by molar-refractivity contribution is 0.242. The molecule has 0 saturated carbocycles. The molecule has 6 nitrogen and oxygen atoms in total. The van der Waals surface area contributed by atoms with Crippen LogP contribution in [0.4, 0.5) is 5.69 Å². The van der Waals surface area contributed by atoms with Crippen molar-refractivity contribution in [2.24, 2.45) is 0 Å². The number of aryl methyl sites for hydroxylation is 1. The van der Waals surface area contributed by atoms with Gasteiger partial charge in [-0.1, -0.05) is 36.4 Å². The summed E-state index contributed by atoms with van der Waals surface area (Å²) in [5.74, 6) is 0.885. The zero-order chi connectivity index (χ0) is 17.1. The topological polar surface area (TPSA) is 50.1 Å². The molecule has 0 amide bonds. The van der Waals surface area contributed by atoms with Crippen LogP contribution in [0.3, 0.4) is 0 Å². The van der Waals surface area contributed by atoms with Gasteiger partial charge in [-0.2, -0.15) is 4.68 Å². The van der Waals surface area contributed by atoms with Gasteiger partial charge in [0.1, 0.15) is 0 Å². The number of rotatable bonds is 4. The number of anilines is 1. The summed E-state index contributed by atoms with van der Waals surface area (Å²) in [5, 5.41) is 12.2. The van der Waals surface area contributed by atoms with Gasteiger partial charge in [0.15, 0.2) is 5.82 Å². The van der Waals surface area contributed by atoms with Crippen LogP contribution in [-0.4, -0.2) is 51.3 Å². The molecule has 1 aromatic heterocycles. The summed E-state index contributed by atoms with van der Waals surface area (Å²) in [6.45, 7) is 7.01. The van der Waals surface area contributed by atoms with Gasteiger partial charge in [0.25, 0.3) is 0 Å². The number of tetrazole rings is 1. The van der Waals surface area contributed by atoms with E-state index in [4.69, 9.17) is 0 Å². The number of hydrogen-bond donors (Lipinski definition) is 0. The van der Waals surface area contributed by atoms with E-state index in [0.717, 1.165) is 44.2 Å². The van der Waals surface area contributed by atoms with E-state index in [9.17, 15) is 0 Å². The summed E-state index contributed by atoms with van der Waals surface area (Å²) < 4.78 is 1.83. The molecule has 0 unspecified atom stereocenters. The lowest BCUT2D eigenvalue weighted by atomic mass is 10.1. The standard InChI is InChI=1S/C19H22N6/c1-16-7-5-6-10-18(16)24-13-11-23(12-14-24)15-19-20-21-22-25(19)17-8-3-2-4-9-17/h2-10H,11-15H2,1H3. The lowest BCUT2D eigenvalue weighted by Gasteiger charge is -2.36. The summed E-state index contributed by atoms with van der Waals surface area (Å²) in [5.41, 5.74) is 3.68. The predicted octanol–water partition coefficient (Wildman–Crippen LogP) is 2.29. The quantitative estimate of drug-likeness (QED) is 0.733. The number of para-hydroxylation sites is 2. The highest BCUT2D eigenvalue weighted by Crippen LogP contribution is 2.21. The van der Waals surface area contributed by atoms with E-state index >= 15 is 0 Å². The molecule has 2 heterocycles. The molecule has 1 aliphatic heterocycles. The van der Waals surface area contributed by atoms with Gasteiger partial charge in [-0.25, -0.2) is 0 Å². The van der Waals surface area contributed by atoms with Crippen LogP contribution in [0.1, 0.15) is 11.4 Å².